The minimum atomic E-state index is -0.340. The molecule has 1 saturated carbocycles. The second kappa shape index (κ2) is 4.16. The Bertz CT molecular complexity index is 773. The topological polar surface area (TPSA) is 96.7 Å². The fraction of sp³-hybridized carbons (Fsp3) is 0.231. The van der Waals surface area contributed by atoms with Crippen LogP contribution in [-0.2, 0) is 0 Å². The number of aromatic amines is 1. The molecule has 100 valence electrons. The third-order valence-corrected chi connectivity index (χ3v) is 3.22. The van der Waals surface area contributed by atoms with E-state index in [9.17, 15) is 4.79 Å². The van der Waals surface area contributed by atoms with Gasteiger partial charge in [0, 0.05) is 11.6 Å². The number of anilines is 1. The van der Waals surface area contributed by atoms with Crippen LogP contribution in [0.15, 0.2) is 28.9 Å². The molecule has 4 rings (SSSR count). The van der Waals surface area contributed by atoms with Crippen LogP contribution in [-0.4, -0.2) is 26.1 Å². The summed E-state index contributed by atoms with van der Waals surface area (Å²) in [6.07, 6.45) is 3.57. The molecule has 7 heteroatoms. The second-order valence-corrected chi connectivity index (χ2v) is 4.80. The number of aromatic nitrogens is 4. The van der Waals surface area contributed by atoms with E-state index < -0.39 is 0 Å². The van der Waals surface area contributed by atoms with Crippen molar-refractivity contribution in [3.63, 3.8) is 0 Å². The van der Waals surface area contributed by atoms with Crippen molar-refractivity contribution in [3.8, 4) is 0 Å². The first-order chi connectivity index (χ1) is 9.79. The molecule has 7 nitrogen and oxygen atoms in total. The van der Waals surface area contributed by atoms with E-state index in [4.69, 9.17) is 4.42 Å². The first-order valence-electron chi connectivity index (χ1n) is 6.37. The lowest BCUT2D eigenvalue weighted by Crippen LogP contribution is -2.13. The highest BCUT2D eigenvalue weighted by Gasteiger charge is 2.28. The first kappa shape index (κ1) is 11.2. The number of H-pyrrole nitrogens is 1. The van der Waals surface area contributed by atoms with Crippen molar-refractivity contribution in [1.82, 2.24) is 20.2 Å². The molecule has 2 aromatic heterocycles. The normalized spacial score (nSPS) is 14.6. The van der Waals surface area contributed by atoms with E-state index in [0.29, 0.717) is 11.6 Å². The van der Waals surface area contributed by atoms with Crippen LogP contribution in [0.4, 0.5) is 5.69 Å². The monoisotopic (exact) mass is 269 g/mol. The molecule has 20 heavy (non-hydrogen) atoms. The molecule has 3 aromatic rings. The number of carbonyl (C=O) groups excluding carboxylic acids is 1. The number of rotatable bonds is 3. The number of amides is 1. The summed E-state index contributed by atoms with van der Waals surface area (Å²) in [6, 6.07) is 5.38. The molecule has 1 aliphatic rings. The van der Waals surface area contributed by atoms with Gasteiger partial charge in [-0.25, -0.2) is 9.97 Å². The smallest absolute Gasteiger partial charge is 0.292 e. The van der Waals surface area contributed by atoms with Gasteiger partial charge in [0.25, 0.3) is 5.91 Å². The summed E-state index contributed by atoms with van der Waals surface area (Å²) in [5.74, 6) is 1.09. The van der Waals surface area contributed by atoms with Crippen LogP contribution in [0, 0.1) is 0 Å². The third-order valence-electron chi connectivity index (χ3n) is 3.22. The molecular weight excluding hydrogens is 258 g/mol. The molecule has 1 aliphatic carbocycles. The number of oxazole rings is 1. The molecule has 2 heterocycles. The Morgan fingerprint density at radius 1 is 1.40 bits per heavy atom. The molecule has 0 atom stereocenters. The predicted octanol–water partition coefficient (Wildman–Crippen LogP) is 2.08. The quantitative estimate of drug-likeness (QED) is 0.758. The molecule has 1 aromatic carbocycles. The van der Waals surface area contributed by atoms with E-state index in [1.165, 1.54) is 6.33 Å². The molecule has 0 spiro atoms. The molecule has 0 radical (unpaired) electrons. The Labute approximate surface area is 113 Å². The third kappa shape index (κ3) is 1.93. The van der Waals surface area contributed by atoms with Gasteiger partial charge in [0.15, 0.2) is 11.5 Å². The highest BCUT2D eigenvalue weighted by atomic mass is 16.3. The van der Waals surface area contributed by atoms with Crippen molar-refractivity contribution in [3.05, 3.63) is 36.2 Å². The van der Waals surface area contributed by atoms with Gasteiger partial charge in [-0.3, -0.25) is 9.89 Å². The molecular formula is C13H11N5O2. The number of carbonyl (C=O) groups is 1. The minimum absolute atomic E-state index is 0.170. The van der Waals surface area contributed by atoms with Gasteiger partial charge >= 0.3 is 0 Å². The fourth-order valence-electron chi connectivity index (χ4n) is 2.03. The number of fused-ring (bicyclic) bond motifs is 1. The van der Waals surface area contributed by atoms with Gasteiger partial charge in [0.2, 0.25) is 5.82 Å². The largest absolute Gasteiger partial charge is 0.440 e. The highest BCUT2D eigenvalue weighted by Crippen LogP contribution is 2.40. The van der Waals surface area contributed by atoms with E-state index in [-0.39, 0.29) is 11.7 Å². The molecule has 0 unspecified atom stereocenters. The van der Waals surface area contributed by atoms with Crippen molar-refractivity contribution in [1.29, 1.82) is 0 Å². The van der Waals surface area contributed by atoms with Gasteiger partial charge in [0.1, 0.15) is 11.8 Å². The van der Waals surface area contributed by atoms with E-state index in [2.05, 4.69) is 25.5 Å². The average molecular weight is 269 g/mol. The molecule has 1 amide bonds. The SMILES string of the molecule is O=C(Nc1ccc2oc(C3CC3)nc2c1)c1ncn[nH]1. The summed E-state index contributed by atoms with van der Waals surface area (Å²) in [6.45, 7) is 0. The molecule has 0 saturated heterocycles. The standard InChI is InChI=1S/C13H11N5O2/c19-12(11-14-6-15-18-11)16-8-3-4-10-9(5-8)17-13(20-10)7-1-2-7/h3-7H,1-2H2,(H,16,19)(H,14,15,18). The summed E-state index contributed by atoms with van der Waals surface area (Å²) >= 11 is 0. The van der Waals surface area contributed by atoms with Gasteiger partial charge in [-0.1, -0.05) is 0 Å². The number of nitrogens with zero attached hydrogens (tertiary/aromatic N) is 3. The summed E-state index contributed by atoms with van der Waals surface area (Å²) in [4.78, 5) is 20.1. The number of hydrogen-bond acceptors (Lipinski definition) is 5. The van der Waals surface area contributed by atoms with Crippen LogP contribution >= 0.6 is 0 Å². The van der Waals surface area contributed by atoms with E-state index >= 15 is 0 Å². The predicted molar refractivity (Wildman–Crippen MR) is 70.3 cm³/mol. The summed E-state index contributed by atoms with van der Waals surface area (Å²) in [7, 11) is 0. The van der Waals surface area contributed by atoms with Gasteiger partial charge in [-0.05, 0) is 31.0 Å². The zero-order chi connectivity index (χ0) is 13.5. The summed E-state index contributed by atoms with van der Waals surface area (Å²) in [5, 5.41) is 8.89. The Morgan fingerprint density at radius 3 is 3.05 bits per heavy atom. The van der Waals surface area contributed by atoms with E-state index in [0.717, 1.165) is 29.8 Å². The zero-order valence-corrected chi connectivity index (χ0v) is 10.5. The zero-order valence-electron chi connectivity index (χ0n) is 10.5. The Morgan fingerprint density at radius 2 is 2.30 bits per heavy atom. The van der Waals surface area contributed by atoms with Gasteiger partial charge < -0.3 is 9.73 Å². The van der Waals surface area contributed by atoms with Crippen LogP contribution in [0.1, 0.15) is 35.3 Å². The first-order valence-corrected chi connectivity index (χ1v) is 6.37. The van der Waals surface area contributed by atoms with Crippen LogP contribution < -0.4 is 5.32 Å². The Kier molecular flexibility index (Phi) is 2.32. The lowest BCUT2D eigenvalue weighted by molar-refractivity contribution is 0.101. The van der Waals surface area contributed by atoms with Crippen LogP contribution in [0.3, 0.4) is 0 Å². The van der Waals surface area contributed by atoms with E-state index in [1.807, 2.05) is 6.07 Å². The van der Waals surface area contributed by atoms with Gasteiger partial charge in [-0.2, -0.15) is 5.10 Å². The van der Waals surface area contributed by atoms with Gasteiger partial charge in [0.05, 0.1) is 0 Å². The van der Waals surface area contributed by atoms with Crippen LogP contribution in [0.5, 0.6) is 0 Å². The molecule has 1 fully saturated rings. The maximum atomic E-state index is 11.8. The van der Waals surface area contributed by atoms with Crippen LogP contribution in [0.25, 0.3) is 11.1 Å². The summed E-state index contributed by atoms with van der Waals surface area (Å²) in [5.41, 5.74) is 2.14. The minimum Gasteiger partial charge on any atom is -0.440 e. The van der Waals surface area contributed by atoms with Crippen molar-refractivity contribution in [2.75, 3.05) is 5.32 Å². The summed E-state index contributed by atoms with van der Waals surface area (Å²) < 4.78 is 5.67. The maximum Gasteiger partial charge on any atom is 0.292 e. The highest BCUT2D eigenvalue weighted by molar-refractivity contribution is 6.02. The molecule has 2 N–H and O–H groups in total. The fourth-order valence-corrected chi connectivity index (χ4v) is 2.03. The van der Waals surface area contributed by atoms with E-state index in [1.54, 1.807) is 12.1 Å². The maximum absolute atomic E-state index is 11.8. The van der Waals surface area contributed by atoms with Crippen molar-refractivity contribution in [2.24, 2.45) is 0 Å². The van der Waals surface area contributed by atoms with Crippen LogP contribution in [0.2, 0.25) is 0 Å². The molecule has 0 bridgehead atoms. The average Bonchev–Trinajstić information content (AvgIpc) is 3.00. The van der Waals surface area contributed by atoms with Crippen molar-refractivity contribution < 1.29 is 9.21 Å². The second-order valence-electron chi connectivity index (χ2n) is 4.80. The molecule has 0 aliphatic heterocycles. The van der Waals surface area contributed by atoms with Crippen molar-refractivity contribution >= 4 is 22.7 Å². The Balaban J connectivity index is 1.61. The lowest BCUT2D eigenvalue weighted by Gasteiger charge is -2.01. The number of benzene rings is 1. The number of hydrogen-bond donors (Lipinski definition) is 2. The number of nitrogens with one attached hydrogen (secondary N) is 2. The lowest BCUT2D eigenvalue weighted by atomic mass is 10.3. The van der Waals surface area contributed by atoms with Crippen molar-refractivity contribution in [2.45, 2.75) is 18.8 Å². The Hall–Kier alpha value is -2.70. The van der Waals surface area contributed by atoms with Gasteiger partial charge in [-0.15, -0.1) is 0 Å².